The van der Waals surface area contributed by atoms with Crippen molar-refractivity contribution in [1.29, 1.82) is 0 Å². The third-order valence-corrected chi connectivity index (χ3v) is 2.99. The molecule has 0 fully saturated rings. The van der Waals surface area contributed by atoms with Gasteiger partial charge in [0.1, 0.15) is 5.75 Å². The van der Waals surface area contributed by atoms with Gasteiger partial charge in [-0.2, -0.15) is 4.98 Å². The van der Waals surface area contributed by atoms with Crippen LogP contribution in [0.1, 0.15) is 44.1 Å². The molecule has 2 aromatic rings. The number of nitrogen functional groups attached to an aromatic ring is 2. The number of hydrogen-bond acceptors (Lipinski definition) is 7. The van der Waals surface area contributed by atoms with Gasteiger partial charge in [-0.05, 0) is 12.8 Å². The third-order valence-electron chi connectivity index (χ3n) is 2.99. The molecule has 0 aliphatic rings. The smallest absolute Gasteiger partial charge is 0.222 e. The summed E-state index contributed by atoms with van der Waals surface area (Å²) in [5, 5.41) is 9.65. The Morgan fingerprint density at radius 2 is 1.81 bits per heavy atom. The van der Waals surface area contributed by atoms with Crippen LogP contribution in [0.15, 0.2) is 18.5 Å². The molecule has 0 amide bonds. The van der Waals surface area contributed by atoms with Gasteiger partial charge in [0, 0.05) is 17.8 Å². The number of aromatic nitrogens is 3. The van der Waals surface area contributed by atoms with Crippen LogP contribution in [0.2, 0.25) is 0 Å². The van der Waals surface area contributed by atoms with Gasteiger partial charge in [0.05, 0.1) is 18.0 Å². The Morgan fingerprint density at radius 1 is 1.10 bits per heavy atom. The molecule has 2 aromatic heterocycles. The lowest BCUT2D eigenvalue weighted by Gasteiger charge is -2.16. The minimum atomic E-state index is -0.687. The Hall–Kier alpha value is -2.41. The predicted octanol–water partition coefficient (Wildman–Crippen LogP) is 2.00. The first-order chi connectivity index (χ1) is 9.88. The molecule has 21 heavy (non-hydrogen) atoms. The highest BCUT2D eigenvalue weighted by Crippen LogP contribution is 2.33. The average Bonchev–Trinajstić information content (AvgIpc) is 2.41. The van der Waals surface area contributed by atoms with Gasteiger partial charge in [0.2, 0.25) is 5.95 Å². The van der Waals surface area contributed by atoms with E-state index in [9.17, 15) is 5.11 Å². The molecule has 2 heterocycles. The first kappa shape index (κ1) is 15.0. The number of aliphatic hydroxyl groups is 1. The predicted molar refractivity (Wildman–Crippen MR) is 79.9 cm³/mol. The molecule has 1 unspecified atom stereocenters. The molecular formula is C14H19N5O2. The summed E-state index contributed by atoms with van der Waals surface area (Å²) in [6.07, 6.45) is 2.43. The van der Waals surface area contributed by atoms with Crippen molar-refractivity contribution in [3.8, 4) is 11.5 Å². The van der Waals surface area contributed by atoms with Crippen LogP contribution in [0.3, 0.4) is 0 Å². The maximum atomic E-state index is 9.65. The van der Waals surface area contributed by atoms with E-state index in [2.05, 4.69) is 15.0 Å². The number of ether oxygens (including phenoxy) is 1. The molecule has 7 heteroatoms. The van der Waals surface area contributed by atoms with Gasteiger partial charge in [0.25, 0.3) is 0 Å². The fourth-order valence-electron chi connectivity index (χ4n) is 1.81. The first-order valence-corrected chi connectivity index (χ1v) is 6.62. The molecule has 0 spiro atoms. The molecule has 0 radical (unpaired) electrons. The van der Waals surface area contributed by atoms with E-state index in [0.29, 0.717) is 17.2 Å². The number of hydrogen-bond donors (Lipinski definition) is 3. The van der Waals surface area contributed by atoms with Crippen molar-refractivity contribution in [2.24, 2.45) is 0 Å². The van der Waals surface area contributed by atoms with Crippen LogP contribution in [-0.2, 0) is 0 Å². The molecule has 7 nitrogen and oxygen atoms in total. The largest absolute Gasteiger partial charge is 0.451 e. The molecule has 0 aromatic carbocycles. The van der Waals surface area contributed by atoms with Gasteiger partial charge >= 0.3 is 0 Å². The third kappa shape index (κ3) is 3.38. The van der Waals surface area contributed by atoms with E-state index in [0.717, 1.165) is 5.56 Å². The Kier molecular flexibility index (Phi) is 4.23. The van der Waals surface area contributed by atoms with Crippen molar-refractivity contribution in [2.75, 3.05) is 11.5 Å². The quantitative estimate of drug-likeness (QED) is 0.787. The molecular weight excluding hydrogens is 270 g/mol. The van der Waals surface area contributed by atoms with Crippen LogP contribution in [0.4, 0.5) is 11.8 Å². The second kappa shape index (κ2) is 5.92. The number of rotatable bonds is 4. The zero-order valence-electron chi connectivity index (χ0n) is 12.2. The van der Waals surface area contributed by atoms with E-state index in [-0.39, 0.29) is 17.7 Å². The number of aliphatic hydroxyl groups excluding tert-OH is 1. The maximum absolute atomic E-state index is 9.65. The Bertz CT molecular complexity index is 643. The van der Waals surface area contributed by atoms with E-state index in [1.54, 1.807) is 19.2 Å². The van der Waals surface area contributed by atoms with Crippen LogP contribution in [0.25, 0.3) is 0 Å². The van der Waals surface area contributed by atoms with E-state index >= 15 is 0 Å². The molecule has 2 rings (SSSR count). The van der Waals surface area contributed by atoms with E-state index in [1.165, 1.54) is 6.20 Å². The van der Waals surface area contributed by atoms with Gasteiger partial charge in [-0.25, -0.2) is 4.98 Å². The Balaban J connectivity index is 2.43. The van der Waals surface area contributed by atoms with Gasteiger partial charge in [0.15, 0.2) is 11.6 Å². The van der Waals surface area contributed by atoms with Crippen molar-refractivity contribution in [1.82, 2.24) is 15.0 Å². The minimum Gasteiger partial charge on any atom is -0.451 e. The van der Waals surface area contributed by atoms with Gasteiger partial charge in [-0.15, -0.1) is 0 Å². The number of pyridine rings is 1. The lowest BCUT2D eigenvalue weighted by molar-refractivity contribution is 0.194. The highest BCUT2D eigenvalue weighted by atomic mass is 16.5. The van der Waals surface area contributed by atoms with Crippen LogP contribution >= 0.6 is 0 Å². The molecule has 5 N–H and O–H groups in total. The topological polar surface area (TPSA) is 120 Å². The average molecular weight is 289 g/mol. The standard InChI is InChI=1S/C14H19N5O2/c1-7(2)9-5-17-10(8(3)20)4-11(9)21-12-6-18-14(16)19-13(12)15/h4-8,20H,1-3H3,(H4,15,16,18,19). The Morgan fingerprint density at radius 3 is 2.38 bits per heavy atom. The SMILES string of the molecule is CC(C)c1cnc(C(C)O)cc1Oc1cnc(N)nc1N. The van der Waals surface area contributed by atoms with Gasteiger partial charge in [-0.3, -0.25) is 4.98 Å². The van der Waals surface area contributed by atoms with E-state index in [4.69, 9.17) is 16.2 Å². The van der Waals surface area contributed by atoms with Crippen LogP contribution in [0, 0.1) is 0 Å². The van der Waals surface area contributed by atoms with Crippen LogP contribution in [-0.4, -0.2) is 20.1 Å². The number of nitrogens with zero attached hydrogens (tertiary/aromatic N) is 3. The molecule has 0 bridgehead atoms. The minimum absolute atomic E-state index is 0.0864. The summed E-state index contributed by atoms with van der Waals surface area (Å²) in [5.74, 6) is 1.33. The van der Waals surface area contributed by atoms with Gasteiger partial charge < -0.3 is 21.3 Å². The monoisotopic (exact) mass is 289 g/mol. The second-order valence-corrected chi connectivity index (χ2v) is 5.06. The zero-order valence-corrected chi connectivity index (χ0v) is 12.2. The summed E-state index contributed by atoms with van der Waals surface area (Å²) in [6, 6.07) is 1.69. The number of anilines is 2. The van der Waals surface area contributed by atoms with Crippen LogP contribution in [0.5, 0.6) is 11.5 Å². The van der Waals surface area contributed by atoms with Crippen molar-refractivity contribution in [3.05, 3.63) is 29.7 Å². The molecule has 1 atom stereocenters. The summed E-state index contributed by atoms with van der Waals surface area (Å²) in [4.78, 5) is 11.9. The Labute approximate surface area is 123 Å². The van der Waals surface area contributed by atoms with Crippen molar-refractivity contribution in [3.63, 3.8) is 0 Å². The fourth-order valence-corrected chi connectivity index (χ4v) is 1.81. The van der Waals surface area contributed by atoms with Crippen molar-refractivity contribution < 1.29 is 9.84 Å². The lowest BCUT2D eigenvalue weighted by Crippen LogP contribution is -2.04. The van der Waals surface area contributed by atoms with E-state index in [1.807, 2.05) is 13.8 Å². The number of nitrogens with two attached hydrogens (primary N) is 2. The maximum Gasteiger partial charge on any atom is 0.222 e. The highest BCUT2D eigenvalue weighted by molar-refractivity contribution is 5.50. The first-order valence-electron chi connectivity index (χ1n) is 6.62. The van der Waals surface area contributed by atoms with E-state index < -0.39 is 6.10 Å². The summed E-state index contributed by atoms with van der Waals surface area (Å²) >= 11 is 0. The summed E-state index contributed by atoms with van der Waals surface area (Å²) < 4.78 is 5.79. The molecule has 0 saturated heterocycles. The molecule has 0 saturated carbocycles. The summed E-state index contributed by atoms with van der Waals surface area (Å²) in [7, 11) is 0. The van der Waals surface area contributed by atoms with Gasteiger partial charge in [-0.1, -0.05) is 13.8 Å². The molecule has 0 aliphatic heterocycles. The normalized spacial score (nSPS) is 12.4. The summed E-state index contributed by atoms with van der Waals surface area (Å²) in [5.41, 5.74) is 12.7. The van der Waals surface area contributed by atoms with Crippen molar-refractivity contribution in [2.45, 2.75) is 32.8 Å². The molecule has 0 aliphatic carbocycles. The second-order valence-electron chi connectivity index (χ2n) is 5.06. The van der Waals surface area contributed by atoms with Crippen LogP contribution < -0.4 is 16.2 Å². The molecule has 112 valence electrons. The fraction of sp³-hybridized carbons (Fsp3) is 0.357. The highest BCUT2D eigenvalue weighted by Gasteiger charge is 2.15. The zero-order chi connectivity index (χ0) is 15.6. The van der Waals surface area contributed by atoms with Crippen molar-refractivity contribution >= 4 is 11.8 Å². The summed E-state index contributed by atoms with van der Waals surface area (Å²) in [6.45, 7) is 5.69. The lowest BCUT2D eigenvalue weighted by atomic mass is 10.0.